The molecule has 0 radical (unpaired) electrons. The number of carbonyl (C=O) groups excluding carboxylic acids is 1. The van der Waals surface area contributed by atoms with E-state index in [1.165, 1.54) is 18.2 Å². The molecule has 0 saturated heterocycles. The van der Waals surface area contributed by atoms with Crippen molar-refractivity contribution < 1.29 is 13.2 Å². The minimum atomic E-state index is -3.78. The second kappa shape index (κ2) is 9.74. The first kappa shape index (κ1) is 23.0. The zero-order valence-corrected chi connectivity index (χ0v) is 20.0. The summed E-state index contributed by atoms with van der Waals surface area (Å²) in [4.78, 5) is 18.7. The van der Waals surface area contributed by atoms with Crippen molar-refractivity contribution in [1.82, 2.24) is 9.88 Å². The zero-order chi connectivity index (χ0) is 23.4. The number of nitrogens with zero attached hydrogens (tertiary/aromatic N) is 2. The van der Waals surface area contributed by atoms with Gasteiger partial charge in [0.1, 0.15) is 5.01 Å². The predicted octanol–water partition coefficient (Wildman–Crippen LogP) is 5.42. The molecule has 33 heavy (non-hydrogen) atoms. The summed E-state index contributed by atoms with van der Waals surface area (Å²) < 4.78 is 28.8. The number of amides is 1. The van der Waals surface area contributed by atoms with Crippen molar-refractivity contribution in [3.8, 4) is 0 Å². The normalized spacial score (nSPS) is 11.7. The van der Waals surface area contributed by atoms with Crippen LogP contribution in [0.15, 0.2) is 83.8 Å². The molecule has 6 nitrogen and oxygen atoms in total. The Hall–Kier alpha value is -3.20. The summed E-state index contributed by atoms with van der Waals surface area (Å²) in [5.41, 5.74) is 1.94. The largest absolute Gasteiger partial charge is 0.335 e. The SMILES string of the molecule is CN(Cc1nc2ccccc2s1)C(=O)/C=C/c1ccc(S(=O)(=O)Nc2ccccc2Cl)cc1. The molecule has 0 unspecified atom stereocenters. The molecule has 0 bridgehead atoms. The van der Waals surface area contributed by atoms with Crippen molar-refractivity contribution in [3.05, 3.63) is 94.5 Å². The lowest BCUT2D eigenvalue weighted by molar-refractivity contribution is -0.125. The minimum absolute atomic E-state index is 0.0962. The number of sulfonamides is 1. The Kier molecular flexibility index (Phi) is 6.78. The van der Waals surface area contributed by atoms with Crippen molar-refractivity contribution in [3.63, 3.8) is 0 Å². The van der Waals surface area contributed by atoms with Gasteiger partial charge in [0, 0.05) is 13.1 Å². The topological polar surface area (TPSA) is 79.4 Å². The van der Waals surface area contributed by atoms with Crippen LogP contribution in [0.1, 0.15) is 10.6 Å². The number of halogens is 1. The standard InChI is InChI=1S/C24H20ClN3O3S2/c1-28(16-23-26-21-8-4-5-9-22(21)32-23)24(29)15-12-17-10-13-18(14-11-17)33(30,31)27-20-7-3-2-6-19(20)25/h2-15,27H,16H2,1H3/b15-12+. The average Bonchev–Trinajstić information content (AvgIpc) is 3.21. The van der Waals surface area contributed by atoms with E-state index in [0.717, 1.165) is 15.2 Å². The lowest BCUT2D eigenvalue weighted by Crippen LogP contribution is -2.23. The number of hydrogen-bond acceptors (Lipinski definition) is 5. The van der Waals surface area contributed by atoms with Crippen LogP contribution in [-0.2, 0) is 21.4 Å². The van der Waals surface area contributed by atoms with Crippen LogP contribution in [0.4, 0.5) is 5.69 Å². The van der Waals surface area contributed by atoms with E-state index in [1.54, 1.807) is 65.8 Å². The fourth-order valence-electron chi connectivity index (χ4n) is 3.07. The van der Waals surface area contributed by atoms with E-state index >= 15 is 0 Å². The Morgan fingerprint density at radius 3 is 2.48 bits per heavy atom. The molecule has 3 aromatic carbocycles. The number of thiazole rings is 1. The number of likely N-dealkylation sites (N-methyl/N-ethyl adjacent to an activating group) is 1. The van der Waals surface area contributed by atoms with Gasteiger partial charge in [-0.2, -0.15) is 0 Å². The van der Waals surface area contributed by atoms with E-state index < -0.39 is 10.0 Å². The van der Waals surface area contributed by atoms with Gasteiger partial charge in [0.15, 0.2) is 0 Å². The molecule has 0 fully saturated rings. The molecule has 0 aliphatic carbocycles. The van der Waals surface area contributed by atoms with E-state index in [2.05, 4.69) is 9.71 Å². The number of anilines is 1. The van der Waals surface area contributed by atoms with Gasteiger partial charge in [0.05, 0.1) is 32.4 Å². The van der Waals surface area contributed by atoms with Gasteiger partial charge in [-0.15, -0.1) is 11.3 Å². The van der Waals surface area contributed by atoms with Crippen LogP contribution < -0.4 is 4.72 Å². The van der Waals surface area contributed by atoms with Gasteiger partial charge < -0.3 is 4.90 Å². The van der Waals surface area contributed by atoms with Crippen molar-refractivity contribution in [2.75, 3.05) is 11.8 Å². The van der Waals surface area contributed by atoms with E-state index in [9.17, 15) is 13.2 Å². The third-order valence-electron chi connectivity index (χ3n) is 4.81. The van der Waals surface area contributed by atoms with Crippen molar-refractivity contribution in [2.24, 2.45) is 0 Å². The monoisotopic (exact) mass is 497 g/mol. The molecule has 1 heterocycles. The molecule has 168 valence electrons. The maximum Gasteiger partial charge on any atom is 0.261 e. The first-order valence-electron chi connectivity index (χ1n) is 9.97. The smallest absolute Gasteiger partial charge is 0.261 e. The van der Waals surface area contributed by atoms with Gasteiger partial charge in [0.25, 0.3) is 10.0 Å². The molecule has 0 aliphatic rings. The quantitative estimate of drug-likeness (QED) is 0.346. The van der Waals surface area contributed by atoms with Gasteiger partial charge in [-0.3, -0.25) is 9.52 Å². The Morgan fingerprint density at radius 1 is 1.06 bits per heavy atom. The highest BCUT2D eigenvalue weighted by atomic mass is 35.5. The molecule has 0 atom stereocenters. The maximum absolute atomic E-state index is 12.6. The van der Waals surface area contributed by atoms with Gasteiger partial charge in [-0.25, -0.2) is 13.4 Å². The number of rotatable bonds is 7. The van der Waals surface area contributed by atoms with Gasteiger partial charge in [0.2, 0.25) is 5.91 Å². The van der Waals surface area contributed by atoms with Crippen LogP contribution in [0.25, 0.3) is 16.3 Å². The van der Waals surface area contributed by atoms with E-state index in [4.69, 9.17) is 11.6 Å². The van der Waals surface area contributed by atoms with Crippen LogP contribution in [0, 0.1) is 0 Å². The predicted molar refractivity (Wildman–Crippen MR) is 134 cm³/mol. The number of carbonyl (C=O) groups is 1. The number of para-hydroxylation sites is 2. The number of nitrogens with one attached hydrogen (secondary N) is 1. The lowest BCUT2D eigenvalue weighted by Gasteiger charge is -2.12. The first-order valence-corrected chi connectivity index (χ1v) is 12.6. The van der Waals surface area contributed by atoms with Crippen molar-refractivity contribution in [2.45, 2.75) is 11.4 Å². The van der Waals surface area contributed by atoms with Gasteiger partial charge >= 0.3 is 0 Å². The highest BCUT2D eigenvalue weighted by molar-refractivity contribution is 7.92. The second-order valence-corrected chi connectivity index (χ2v) is 10.5. The third kappa shape index (κ3) is 5.60. The summed E-state index contributed by atoms with van der Waals surface area (Å²) in [6.45, 7) is 0.410. The Labute approximate surface area is 201 Å². The molecular weight excluding hydrogens is 478 g/mol. The van der Waals surface area contributed by atoms with E-state index in [1.807, 2.05) is 24.3 Å². The number of fused-ring (bicyclic) bond motifs is 1. The lowest BCUT2D eigenvalue weighted by atomic mass is 10.2. The summed E-state index contributed by atoms with van der Waals surface area (Å²) in [7, 11) is -2.07. The van der Waals surface area contributed by atoms with E-state index in [-0.39, 0.29) is 10.8 Å². The summed E-state index contributed by atoms with van der Waals surface area (Å²) in [5.74, 6) is -0.175. The second-order valence-electron chi connectivity index (χ2n) is 7.26. The highest BCUT2D eigenvalue weighted by Gasteiger charge is 2.15. The molecule has 0 saturated carbocycles. The van der Waals surface area contributed by atoms with Crippen molar-refractivity contribution >= 4 is 60.8 Å². The molecule has 4 aromatic rings. The van der Waals surface area contributed by atoms with Crippen LogP contribution in [0.2, 0.25) is 5.02 Å². The summed E-state index contributed by atoms with van der Waals surface area (Å²) in [5, 5.41) is 1.18. The van der Waals surface area contributed by atoms with Crippen LogP contribution in [-0.4, -0.2) is 31.3 Å². The molecule has 4 rings (SSSR count). The Bertz CT molecular complexity index is 1400. The minimum Gasteiger partial charge on any atom is -0.335 e. The third-order valence-corrected chi connectivity index (χ3v) is 7.55. The Balaban J connectivity index is 1.39. The molecule has 1 aromatic heterocycles. The molecule has 0 spiro atoms. The average molecular weight is 498 g/mol. The summed E-state index contributed by atoms with van der Waals surface area (Å²) in [6, 6.07) is 20.7. The van der Waals surface area contributed by atoms with Gasteiger partial charge in [-0.05, 0) is 48.0 Å². The number of aromatic nitrogens is 1. The fraction of sp³-hybridized carbons (Fsp3) is 0.0833. The van der Waals surface area contributed by atoms with E-state index in [0.29, 0.717) is 22.8 Å². The van der Waals surface area contributed by atoms with Crippen LogP contribution in [0.3, 0.4) is 0 Å². The van der Waals surface area contributed by atoms with Crippen LogP contribution >= 0.6 is 22.9 Å². The van der Waals surface area contributed by atoms with Crippen molar-refractivity contribution in [1.29, 1.82) is 0 Å². The Morgan fingerprint density at radius 2 is 1.76 bits per heavy atom. The molecule has 1 amide bonds. The molecule has 0 aliphatic heterocycles. The first-order chi connectivity index (χ1) is 15.8. The molecular formula is C24H20ClN3O3S2. The highest BCUT2D eigenvalue weighted by Crippen LogP contribution is 2.24. The molecule has 1 N–H and O–H groups in total. The summed E-state index contributed by atoms with van der Waals surface area (Å²) in [6.07, 6.45) is 3.11. The van der Waals surface area contributed by atoms with Crippen LogP contribution in [0.5, 0.6) is 0 Å². The summed E-state index contributed by atoms with van der Waals surface area (Å²) >= 11 is 7.60. The fourth-order valence-corrected chi connectivity index (χ4v) is 5.41. The number of hydrogen-bond donors (Lipinski definition) is 1. The maximum atomic E-state index is 12.6. The van der Waals surface area contributed by atoms with Gasteiger partial charge in [-0.1, -0.05) is 48.0 Å². The zero-order valence-electron chi connectivity index (χ0n) is 17.6. The molecule has 9 heteroatoms. The number of benzene rings is 3.